The molecule has 0 saturated carbocycles. The topological polar surface area (TPSA) is 12.0 Å². The van der Waals surface area contributed by atoms with Gasteiger partial charge in [-0.15, -0.1) is 0 Å². The van der Waals surface area contributed by atoms with Crippen molar-refractivity contribution in [2.24, 2.45) is 0 Å². The van der Waals surface area contributed by atoms with E-state index in [-0.39, 0.29) is 0 Å². The Bertz CT molecular complexity index is 338. The fraction of sp³-hybridized carbons (Fsp3) is 0.538. The lowest BCUT2D eigenvalue weighted by molar-refractivity contribution is 0.454. The van der Waals surface area contributed by atoms with Gasteiger partial charge in [-0.05, 0) is 36.8 Å². The number of hydrogen-bond donors (Lipinski definition) is 1. The Balaban J connectivity index is 1.97. The van der Waals surface area contributed by atoms with Crippen LogP contribution >= 0.6 is 27.7 Å². The van der Waals surface area contributed by atoms with Crippen molar-refractivity contribution in [3.8, 4) is 0 Å². The first-order valence-electron chi connectivity index (χ1n) is 5.80. The quantitative estimate of drug-likeness (QED) is 0.905. The van der Waals surface area contributed by atoms with Crippen LogP contribution in [-0.2, 0) is 0 Å². The van der Waals surface area contributed by atoms with Gasteiger partial charge in [-0.3, -0.25) is 0 Å². The minimum Gasteiger partial charge on any atom is -0.306 e. The molecule has 16 heavy (non-hydrogen) atoms. The van der Waals surface area contributed by atoms with E-state index in [2.05, 4.69) is 71.1 Å². The van der Waals surface area contributed by atoms with Crippen LogP contribution in [0.2, 0.25) is 0 Å². The smallest absolute Gasteiger partial charge is 0.0294 e. The monoisotopic (exact) mass is 299 g/mol. The maximum absolute atomic E-state index is 3.73. The van der Waals surface area contributed by atoms with Crippen LogP contribution in [0.15, 0.2) is 28.7 Å². The molecule has 0 aliphatic carbocycles. The SMILES string of the molecule is CC(NC1CCSC1C)c1ccc(Br)cc1. The van der Waals surface area contributed by atoms with E-state index in [0.29, 0.717) is 12.1 Å². The Morgan fingerprint density at radius 2 is 2.06 bits per heavy atom. The van der Waals surface area contributed by atoms with Crippen molar-refractivity contribution < 1.29 is 0 Å². The zero-order valence-corrected chi connectivity index (χ0v) is 12.1. The minimum atomic E-state index is 0.444. The van der Waals surface area contributed by atoms with Gasteiger partial charge in [0.25, 0.3) is 0 Å². The first kappa shape index (κ1) is 12.5. The van der Waals surface area contributed by atoms with E-state index in [1.165, 1.54) is 17.7 Å². The van der Waals surface area contributed by atoms with Crippen LogP contribution in [0.1, 0.15) is 31.9 Å². The van der Waals surface area contributed by atoms with Gasteiger partial charge in [0.1, 0.15) is 0 Å². The van der Waals surface area contributed by atoms with E-state index < -0.39 is 0 Å². The molecule has 1 fully saturated rings. The maximum Gasteiger partial charge on any atom is 0.0294 e. The van der Waals surface area contributed by atoms with Crippen LogP contribution in [0.3, 0.4) is 0 Å². The molecule has 1 aromatic carbocycles. The summed E-state index contributed by atoms with van der Waals surface area (Å²) < 4.78 is 1.15. The third-order valence-electron chi connectivity index (χ3n) is 3.21. The summed E-state index contributed by atoms with van der Waals surface area (Å²) in [5.74, 6) is 1.30. The third kappa shape index (κ3) is 3.02. The Labute approximate surface area is 111 Å². The lowest BCUT2D eigenvalue weighted by Gasteiger charge is -2.22. The molecule has 2 rings (SSSR count). The number of nitrogens with one attached hydrogen (secondary N) is 1. The average Bonchev–Trinajstić information content (AvgIpc) is 2.65. The summed E-state index contributed by atoms with van der Waals surface area (Å²) in [5, 5.41) is 4.48. The molecule has 1 aliphatic rings. The summed E-state index contributed by atoms with van der Waals surface area (Å²) in [4.78, 5) is 0. The molecule has 1 nitrogen and oxygen atoms in total. The summed E-state index contributed by atoms with van der Waals surface area (Å²) in [5.41, 5.74) is 1.37. The van der Waals surface area contributed by atoms with Crippen LogP contribution in [0.25, 0.3) is 0 Å². The van der Waals surface area contributed by atoms with Gasteiger partial charge >= 0.3 is 0 Å². The Hall–Kier alpha value is 0.01000. The molecule has 1 heterocycles. The fourth-order valence-electron chi connectivity index (χ4n) is 2.12. The van der Waals surface area contributed by atoms with E-state index in [1.54, 1.807) is 0 Å². The van der Waals surface area contributed by atoms with Gasteiger partial charge in [-0.2, -0.15) is 11.8 Å². The van der Waals surface area contributed by atoms with Gasteiger partial charge < -0.3 is 5.32 Å². The van der Waals surface area contributed by atoms with Gasteiger partial charge in [-0.1, -0.05) is 35.0 Å². The van der Waals surface area contributed by atoms with Crippen LogP contribution in [-0.4, -0.2) is 17.0 Å². The fourth-order valence-corrected chi connectivity index (χ4v) is 3.59. The molecule has 1 aromatic rings. The molecule has 0 radical (unpaired) electrons. The molecule has 88 valence electrons. The minimum absolute atomic E-state index is 0.444. The van der Waals surface area contributed by atoms with Gasteiger partial charge in [0.2, 0.25) is 0 Å². The third-order valence-corrected chi connectivity index (χ3v) is 5.06. The van der Waals surface area contributed by atoms with Crippen molar-refractivity contribution in [1.29, 1.82) is 0 Å². The van der Waals surface area contributed by atoms with Crippen LogP contribution < -0.4 is 5.32 Å². The molecular formula is C13H18BrNS. The van der Waals surface area contributed by atoms with Crippen molar-refractivity contribution in [3.05, 3.63) is 34.3 Å². The highest BCUT2D eigenvalue weighted by atomic mass is 79.9. The normalized spacial score (nSPS) is 26.9. The number of benzene rings is 1. The maximum atomic E-state index is 3.73. The van der Waals surface area contributed by atoms with Gasteiger partial charge in [0, 0.05) is 21.8 Å². The summed E-state index contributed by atoms with van der Waals surface area (Å²) >= 11 is 5.54. The first-order valence-corrected chi connectivity index (χ1v) is 7.64. The number of rotatable bonds is 3. The molecule has 3 heteroatoms. The largest absolute Gasteiger partial charge is 0.306 e. The second kappa shape index (κ2) is 5.56. The molecule has 0 aromatic heterocycles. The first-order chi connectivity index (χ1) is 7.66. The second-order valence-electron chi connectivity index (χ2n) is 4.41. The van der Waals surface area contributed by atoms with Gasteiger partial charge in [-0.25, -0.2) is 0 Å². The van der Waals surface area contributed by atoms with E-state index in [4.69, 9.17) is 0 Å². The molecule has 0 amide bonds. The summed E-state index contributed by atoms with van der Waals surface area (Å²) in [6.07, 6.45) is 1.30. The molecule has 1 saturated heterocycles. The molecule has 3 atom stereocenters. The Morgan fingerprint density at radius 3 is 2.62 bits per heavy atom. The van der Waals surface area contributed by atoms with E-state index in [0.717, 1.165) is 9.72 Å². The average molecular weight is 300 g/mol. The summed E-state index contributed by atoms with van der Waals surface area (Å²) in [6.45, 7) is 4.57. The number of thioether (sulfide) groups is 1. The van der Waals surface area contributed by atoms with E-state index in [9.17, 15) is 0 Å². The summed E-state index contributed by atoms with van der Waals surface area (Å²) in [7, 11) is 0. The zero-order chi connectivity index (χ0) is 11.5. The second-order valence-corrected chi connectivity index (χ2v) is 6.81. The summed E-state index contributed by atoms with van der Waals surface area (Å²) in [6, 6.07) is 9.71. The van der Waals surface area contributed by atoms with Crippen LogP contribution in [0.5, 0.6) is 0 Å². The predicted molar refractivity (Wildman–Crippen MR) is 76.0 cm³/mol. The van der Waals surface area contributed by atoms with Crippen LogP contribution in [0, 0.1) is 0 Å². The highest BCUT2D eigenvalue weighted by molar-refractivity contribution is 9.10. The Morgan fingerprint density at radius 1 is 1.38 bits per heavy atom. The molecule has 3 unspecified atom stereocenters. The molecule has 1 N–H and O–H groups in total. The lowest BCUT2D eigenvalue weighted by Crippen LogP contribution is -2.35. The van der Waals surface area contributed by atoms with Gasteiger partial charge in [0.05, 0.1) is 0 Å². The Kier molecular flexibility index (Phi) is 4.34. The molecule has 1 aliphatic heterocycles. The predicted octanol–water partition coefficient (Wildman–Crippen LogP) is 3.99. The lowest BCUT2D eigenvalue weighted by atomic mass is 10.1. The van der Waals surface area contributed by atoms with Gasteiger partial charge in [0.15, 0.2) is 0 Å². The van der Waals surface area contributed by atoms with Crippen LogP contribution in [0.4, 0.5) is 0 Å². The zero-order valence-electron chi connectivity index (χ0n) is 9.74. The highest BCUT2D eigenvalue weighted by Gasteiger charge is 2.25. The number of halogens is 1. The highest BCUT2D eigenvalue weighted by Crippen LogP contribution is 2.28. The van der Waals surface area contributed by atoms with Crippen molar-refractivity contribution in [2.75, 3.05) is 5.75 Å². The molecular weight excluding hydrogens is 282 g/mol. The number of hydrogen-bond acceptors (Lipinski definition) is 2. The van der Waals surface area contributed by atoms with Crippen molar-refractivity contribution in [1.82, 2.24) is 5.32 Å². The van der Waals surface area contributed by atoms with Crippen molar-refractivity contribution in [3.63, 3.8) is 0 Å². The molecule has 0 bridgehead atoms. The van der Waals surface area contributed by atoms with Crippen molar-refractivity contribution >= 4 is 27.7 Å². The standard InChI is InChI=1S/C13H18BrNS/c1-9(11-3-5-12(14)6-4-11)15-13-7-8-16-10(13)2/h3-6,9-10,13,15H,7-8H2,1-2H3. The van der Waals surface area contributed by atoms with E-state index >= 15 is 0 Å². The van der Waals surface area contributed by atoms with E-state index in [1.807, 2.05) is 0 Å². The molecule has 0 spiro atoms. The van der Waals surface area contributed by atoms with Crippen molar-refractivity contribution in [2.45, 2.75) is 37.6 Å².